The zero-order valence-electron chi connectivity index (χ0n) is 9.55. The van der Waals surface area contributed by atoms with E-state index < -0.39 is 0 Å². The van der Waals surface area contributed by atoms with Gasteiger partial charge < -0.3 is 10.1 Å². The van der Waals surface area contributed by atoms with Gasteiger partial charge in [-0.3, -0.25) is 4.98 Å². The van der Waals surface area contributed by atoms with Crippen molar-refractivity contribution in [2.75, 3.05) is 5.32 Å². The van der Waals surface area contributed by atoms with Crippen LogP contribution in [0.4, 0.5) is 11.4 Å². The zero-order valence-corrected chi connectivity index (χ0v) is 9.55. The zero-order chi connectivity index (χ0) is 11.9. The Bertz CT molecular complexity index is 752. The van der Waals surface area contributed by atoms with Gasteiger partial charge in [-0.05, 0) is 18.2 Å². The van der Waals surface area contributed by atoms with E-state index in [4.69, 9.17) is 4.74 Å². The lowest BCUT2D eigenvalue weighted by molar-refractivity contribution is 0.480. The van der Waals surface area contributed by atoms with E-state index in [9.17, 15) is 0 Å². The van der Waals surface area contributed by atoms with Crippen molar-refractivity contribution in [1.29, 1.82) is 0 Å². The van der Waals surface area contributed by atoms with Gasteiger partial charge in [0, 0.05) is 5.39 Å². The molecular weight excluding hydrogens is 224 g/mol. The molecule has 3 nitrogen and oxygen atoms in total. The van der Waals surface area contributed by atoms with Crippen molar-refractivity contribution in [3.8, 4) is 11.5 Å². The van der Waals surface area contributed by atoms with E-state index >= 15 is 0 Å². The minimum absolute atomic E-state index is 0.771. The maximum Gasteiger partial charge on any atom is 0.169 e. The Balaban J connectivity index is 1.98. The van der Waals surface area contributed by atoms with Crippen LogP contribution in [0.3, 0.4) is 0 Å². The van der Waals surface area contributed by atoms with E-state index in [1.165, 1.54) is 0 Å². The van der Waals surface area contributed by atoms with Crippen molar-refractivity contribution in [2.45, 2.75) is 0 Å². The summed E-state index contributed by atoms with van der Waals surface area (Å²) < 4.78 is 5.86. The summed E-state index contributed by atoms with van der Waals surface area (Å²) in [7, 11) is 0. The van der Waals surface area contributed by atoms with Crippen LogP contribution >= 0.6 is 0 Å². The molecule has 2 heterocycles. The van der Waals surface area contributed by atoms with Gasteiger partial charge in [0.1, 0.15) is 0 Å². The summed E-state index contributed by atoms with van der Waals surface area (Å²) >= 11 is 0. The third kappa shape index (κ3) is 1.27. The molecule has 0 saturated carbocycles. The van der Waals surface area contributed by atoms with Gasteiger partial charge in [-0.25, -0.2) is 0 Å². The summed E-state index contributed by atoms with van der Waals surface area (Å²) in [6.07, 6.45) is 1.76. The fraction of sp³-hybridized carbons (Fsp3) is 0. The summed E-state index contributed by atoms with van der Waals surface area (Å²) in [5.74, 6) is 1.61. The lowest BCUT2D eigenvalue weighted by Crippen LogP contribution is -2.03. The Hall–Kier alpha value is -2.55. The highest BCUT2D eigenvalue weighted by Gasteiger charge is 2.18. The third-order valence-corrected chi connectivity index (χ3v) is 3.11. The van der Waals surface area contributed by atoms with Gasteiger partial charge in [-0.2, -0.15) is 0 Å². The van der Waals surface area contributed by atoms with E-state index in [-0.39, 0.29) is 0 Å². The number of benzene rings is 2. The fourth-order valence-corrected chi connectivity index (χ4v) is 2.24. The van der Waals surface area contributed by atoms with Crippen molar-refractivity contribution in [3.05, 3.63) is 54.7 Å². The highest BCUT2D eigenvalue weighted by Crippen LogP contribution is 2.44. The van der Waals surface area contributed by atoms with Crippen molar-refractivity contribution in [1.82, 2.24) is 4.98 Å². The van der Waals surface area contributed by atoms with Crippen molar-refractivity contribution >= 4 is 22.3 Å². The average molecular weight is 234 g/mol. The third-order valence-electron chi connectivity index (χ3n) is 3.11. The van der Waals surface area contributed by atoms with E-state index in [0.717, 1.165) is 33.8 Å². The van der Waals surface area contributed by atoms with Crippen LogP contribution in [-0.4, -0.2) is 4.98 Å². The predicted octanol–water partition coefficient (Wildman–Crippen LogP) is 4.08. The Morgan fingerprint density at radius 3 is 2.72 bits per heavy atom. The van der Waals surface area contributed by atoms with Crippen LogP contribution in [0.5, 0.6) is 11.5 Å². The average Bonchev–Trinajstić information content (AvgIpc) is 2.45. The van der Waals surface area contributed by atoms with Gasteiger partial charge in [-0.1, -0.05) is 30.3 Å². The van der Waals surface area contributed by atoms with E-state index in [2.05, 4.69) is 10.3 Å². The molecule has 0 unspecified atom stereocenters. The first kappa shape index (κ1) is 9.48. The topological polar surface area (TPSA) is 34.2 Å². The van der Waals surface area contributed by atoms with Crippen LogP contribution in [0.1, 0.15) is 0 Å². The number of hydrogen-bond donors (Lipinski definition) is 1. The molecule has 1 aliphatic rings. The van der Waals surface area contributed by atoms with Crippen LogP contribution in [-0.2, 0) is 0 Å². The first-order chi connectivity index (χ1) is 8.92. The molecule has 0 bridgehead atoms. The second-order valence-electron chi connectivity index (χ2n) is 4.24. The number of nitrogens with zero attached hydrogens (tertiary/aromatic N) is 1. The summed E-state index contributed by atoms with van der Waals surface area (Å²) in [6, 6.07) is 15.9. The lowest BCUT2D eigenvalue weighted by Gasteiger charge is -2.22. The first-order valence-corrected chi connectivity index (χ1v) is 5.83. The SMILES string of the molecule is c1ccc2c(c1)Nc1c(cnc3ccccc13)O2. The molecular formula is C15H10N2O. The second kappa shape index (κ2) is 3.47. The van der Waals surface area contributed by atoms with E-state index in [0.29, 0.717) is 0 Å². The highest BCUT2D eigenvalue weighted by atomic mass is 16.5. The second-order valence-corrected chi connectivity index (χ2v) is 4.24. The number of rotatable bonds is 0. The maximum absolute atomic E-state index is 5.86. The van der Waals surface area contributed by atoms with Gasteiger partial charge in [0.05, 0.1) is 23.1 Å². The molecule has 1 aliphatic heterocycles. The van der Waals surface area contributed by atoms with E-state index in [1.807, 2.05) is 48.5 Å². The van der Waals surface area contributed by atoms with Crippen LogP contribution in [0.2, 0.25) is 0 Å². The molecule has 0 saturated heterocycles. The molecule has 1 aromatic heterocycles. The Kier molecular flexibility index (Phi) is 1.83. The Morgan fingerprint density at radius 2 is 1.72 bits per heavy atom. The molecule has 0 spiro atoms. The summed E-state index contributed by atoms with van der Waals surface area (Å²) in [6.45, 7) is 0. The molecule has 0 radical (unpaired) electrons. The lowest BCUT2D eigenvalue weighted by atomic mass is 10.1. The monoisotopic (exact) mass is 234 g/mol. The maximum atomic E-state index is 5.86. The minimum atomic E-state index is 0.771. The van der Waals surface area contributed by atoms with Crippen molar-refractivity contribution in [2.24, 2.45) is 0 Å². The summed E-state index contributed by atoms with van der Waals surface area (Å²) in [5, 5.41) is 4.49. The van der Waals surface area contributed by atoms with Crippen molar-refractivity contribution < 1.29 is 4.74 Å². The predicted molar refractivity (Wildman–Crippen MR) is 71.5 cm³/mol. The molecule has 0 atom stereocenters. The number of aromatic nitrogens is 1. The molecule has 2 aromatic carbocycles. The number of fused-ring (bicyclic) bond motifs is 4. The number of hydrogen-bond acceptors (Lipinski definition) is 3. The van der Waals surface area contributed by atoms with Gasteiger partial charge in [0.25, 0.3) is 0 Å². The number of para-hydroxylation sites is 3. The number of nitrogens with one attached hydrogen (secondary N) is 1. The molecule has 0 fully saturated rings. The fourth-order valence-electron chi connectivity index (χ4n) is 2.24. The Labute approximate surface area is 104 Å². The molecule has 1 N–H and O–H groups in total. The smallest absolute Gasteiger partial charge is 0.169 e. The summed E-state index contributed by atoms with van der Waals surface area (Å²) in [4.78, 5) is 4.40. The van der Waals surface area contributed by atoms with Gasteiger partial charge in [0.15, 0.2) is 11.5 Å². The molecule has 0 amide bonds. The van der Waals surface area contributed by atoms with Crippen LogP contribution in [0, 0.1) is 0 Å². The van der Waals surface area contributed by atoms with Gasteiger partial charge >= 0.3 is 0 Å². The largest absolute Gasteiger partial charge is 0.451 e. The first-order valence-electron chi connectivity index (χ1n) is 5.83. The number of anilines is 2. The molecule has 86 valence electrons. The highest BCUT2D eigenvalue weighted by molar-refractivity contribution is 5.97. The number of ether oxygens (including phenoxy) is 1. The normalized spacial score (nSPS) is 12.2. The van der Waals surface area contributed by atoms with Crippen LogP contribution in [0.15, 0.2) is 54.7 Å². The van der Waals surface area contributed by atoms with Gasteiger partial charge in [-0.15, -0.1) is 0 Å². The van der Waals surface area contributed by atoms with Crippen LogP contribution in [0.25, 0.3) is 10.9 Å². The quantitative estimate of drug-likeness (QED) is 0.497. The van der Waals surface area contributed by atoms with Crippen molar-refractivity contribution in [3.63, 3.8) is 0 Å². The Morgan fingerprint density at radius 1 is 0.889 bits per heavy atom. The molecule has 3 aromatic rings. The standard InChI is InChI=1S/C15H10N2O/c1-2-6-11-10(5-1)15-14(9-16-11)18-13-8-4-3-7-12(13)17-15/h1-9,17H. The molecule has 3 heteroatoms. The molecule has 4 rings (SSSR count). The summed E-state index contributed by atoms with van der Waals surface area (Å²) in [5.41, 5.74) is 2.94. The minimum Gasteiger partial charge on any atom is -0.451 e. The van der Waals surface area contributed by atoms with E-state index in [1.54, 1.807) is 6.20 Å². The van der Waals surface area contributed by atoms with Gasteiger partial charge in [0.2, 0.25) is 0 Å². The molecule has 0 aliphatic carbocycles. The molecule has 18 heavy (non-hydrogen) atoms. The van der Waals surface area contributed by atoms with Crippen LogP contribution < -0.4 is 10.1 Å². The number of pyridine rings is 1.